The van der Waals surface area contributed by atoms with Gasteiger partial charge in [0.05, 0.1) is 41.3 Å². The molecule has 0 fully saturated rings. The average molecular weight is 690 g/mol. The Kier molecular flexibility index (Phi) is 34.6. The summed E-state index contributed by atoms with van der Waals surface area (Å²) in [6, 6.07) is 21.8. The minimum absolute atomic E-state index is 0. The molecule has 0 atom stereocenters. The molecule has 0 aromatic heterocycles. The van der Waals surface area contributed by atoms with Crippen LogP contribution in [0.4, 0.5) is 0 Å². The SMILES string of the molecule is CCCCCCCCCCCC[N+](C)(C)Cc1ccccc1.CCCCCCCCCCCC[N+](C)(C)Cc1ccccc1.CC[O-].[Cl-]. The molecule has 0 N–H and O–H groups in total. The van der Waals surface area contributed by atoms with E-state index in [2.05, 4.69) is 103 Å². The lowest BCUT2D eigenvalue weighted by molar-refractivity contribution is -0.903. The molecule has 4 heteroatoms. The van der Waals surface area contributed by atoms with Crippen LogP contribution in [0.25, 0.3) is 0 Å². The molecule has 0 bridgehead atoms. The van der Waals surface area contributed by atoms with E-state index in [-0.39, 0.29) is 19.0 Å². The molecular weight excluding hydrogens is 608 g/mol. The van der Waals surface area contributed by atoms with Gasteiger partial charge >= 0.3 is 0 Å². The first-order valence-electron chi connectivity index (χ1n) is 20.0. The van der Waals surface area contributed by atoms with Gasteiger partial charge < -0.3 is 26.5 Å². The molecule has 3 nitrogen and oxygen atoms in total. The summed E-state index contributed by atoms with van der Waals surface area (Å²) in [7, 11) is 9.45. The van der Waals surface area contributed by atoms with E-state index in [9.17, 15) is 0 Å². The standard InChI is InChI=1S/2C21H38N.C2H5O.ClH/c2*1-4-5-6-7-8-9-10-11-12-16-19-22(2,3)20-21-17-14-13-15-18-21;1-2-3;/h2*13-15,17-18H,4-12,16,19-20H2,1-3H3;2H2,1H3;1H/q2*+1;-1;/p-1. The monoisotopic (exact) mass is 689 g/mol. The van der Waals surface area contributed by atoms with Crippen LogP contribution in [-0.2, 0) is 13.1 Å². The molecule has 0 radical (unpaired) electrons. The maximum absolute atomic E-state index is 8.93. The maximum atomic E-state index is 8.93. The summed E-state index contributed by atoms with van der Waals surface area (Å²) in [5.41, 5.74) is 2.92. The maximum Gasteiger partial charge on any atom is 0.104 e. The van der Waals surface area contributed by atoms with E-state index in [1.54, 1.807) is 6.92 Å². The van der Waals surface area contributed by atoms with Crippen molar-refractivity contribution in [2.24, 2.45) is 0 Å². The Labute approximate surface area is 307 Å². The zero-order chi connectivity index (χ0) is 34.9. The number of nitrogens with zero attached hydrogens (tertiary/aromatic N) is 2. The number of quaternary nitrogens is 2. The predicted octanol–water partition coefficient (Wildman–Crippen LogP) is 8.74. The summed E-state index contributed by atoms with van der Waals surface area (Å²) in [4.78, 5) is 0. The first-order chi connectivity index (χ1) is 22.7. The summed E-state index contributed by atoms with van der Waals surface area (Å²) in [5.74, 6) is 0. The van der Waals surface area contributed by atoms with E-state index in [1.807, 2.05) is 0 Å². The fourth-order valence-electron chi connectivity index (χ4n) is 6.37. The molecule has 0 aliphatic heterocycles. The summed E-state index contributed by atoms with van der Waals surface area (Å²) in [6.45, 7) is 11.0. The minimum Gasteiger partial charge on any atom is -1.00 e. The van der Waals surface area contributed by atoms with Crippen LogP contribution in [-0.4, -0.2) is 56.9 Å². The Morgan fingerprint density at radius 2 is 0.625 bits per heavy atom. The molecule has 0 saturated heterocycles. The summed E-state index contributed by atoms with van der Waals surface area (Å²) in [6.07, 6.45) is 28.5. The van der Waals surface area contributed by atoms with E-state index in [1.165, 1.54) is 153 Å². The van der Waals surface area contributed by atoms with E-state index in [0.717, 1.165) is 22.1 Å². The lowest BCUT2D eigenvalue weighted by Gasteiger charge is -2.30. The quantitative estimate of drug-likeness (QED) is 0.0716. The van der Waals surface area contributed by atoms with Crippen LogP contribution >= 0.6 is 0 Å². The normalized spacial score (nSPS) is 11.2. The number of unbranched alkanes of at least 4 members (excludes halogenated alkanes) is 18. The fraction of sp³-hybridized carbons (Fsp3) is 0.727. The van der Waals surface area contributed by atoms with Gasteiger partial charge in [-0.05, 0) is 25.7 Å². The molecule has 2 aromatic carbocycles. The number of hydrogen-bond acceptors (Lipinski definition) is 1. The Balaban J connectivity index is 0. The van der Waals surface area contributed by atoms with Crippen LogP contribution < -0.4 is 17.5 Å². The molecule has 0 aliphatic rings. The Morgan fingerprint density at radius 1 is 0.396 bits per heavy atom. The molecule has 48 heavy (non-hydrogen) atoms. The number of halogens is 1. The van der Waals surface area contributed by atoms with Crippen LogP contribution in [0, 0.1) is 0 Å². The topological polar surface area (TPSA) is 23.1 Å². The zero-order valence-electron chi connectivity index (χ0n) is 33.1. The van der Waals surface area contributed by atoms with Crippen molar-refractivity contribution >= 4 is 0 Å². The summed E-state index contributed by atoms with van der Waals surface area (Å²) < 4.78 is 2.22. The highest BCUT2D eigenvalue weighted by Crippen LogP contribution is 2.15. The van der Waals surface area contributed by atoms with E-state index in [0.29, 0.717) is 0 Å². The molecule has 2 aromatic rings. The Bertz CT molecular complexity index is 814. The number of benzene rings is 2. The van der Waals surface area contributed by atoms with Crippen molar-refractivity contribution < 1.29 is 26.5 Å². The molecule has 2 rings (SSSR count). The largest absolute Gasteiger partial charge is 1.00 e. The van der Waals surface area contributed by atoms with E-state index < -0.39 is 0 Å². The second-order valence-electron chi connectivity index (χ2n) is 15.3. The van der Waals surface area contributed by atoms with Crippen molar-refractivity contribution in [3.8, 4) is 0 Å². The van der Waals surface area contributed by atoms with Gasteiger partial charge in [0.1, 0.15) is 13.1 Å². The van der Waals surface area contributed by atoms with Gasteiger partial charge in [-0.2, -0.15) is 0 Å². The number of hydrogen-bond donors (Lipinski definition) is 0. The van der Waals surface area contributed by atoms with E-state index >= 15 is 0 Å². The minimum atomic E-state index is 0. The third-order valence-electron chi connectivity index (χ3n) is 9.14. The molecule has 280 valence electrons. The van der Waals surface area contributed by atoms with Crippen molar-refractivity contribution in [1.29, 1.82) is 0 Å². The summed E-state index contributed by atoms with van der Waals surface area (Å²) in [5, 5.41) is 8.93. The van der Waals surface area contributed by atoms with Gasteiger partial charge in [-0.25, -0.2) is 0 Å². The van der Waals surface area contributed by atoms with Crippen molar-refractivity contribution in [2.75, 3.05) is 47.9 Å². The first kappa shape index (κ1) is 48.7. The third kappa shape index (κ3) is 33.1. The summed E-state index contributed by atoms with van der Waals surface area (Å²) >= 11 is 0. The van der Waals surface area contributed by atoms with Crippen LogP contribution in [0.2, 0.25) is 0 Å². The smallest absolute Gasteiger partial charge is 0.104 e. The zero-order valence-corrected chi connectivity index (χ0v) is 33.9. The molecule has 0 aliphatic carbocycles. The van der Waals surface area contributed by atoms with Crippen LogP contribution in [0.5, 0.6) is 0 Å². The fourth-order valence-corrected chi connectivity index (χ4v) is 6.37. The highest BCUT2D eigenvalue weighted by atomic mass is 35.5. The van der Waals surface area contributed by atoms with Crippen molar-refractivity contribution in [3.63, 3.8) is 0 Å². The van der Waals surface area contributed by atoms with Crippen molar-refractivity contribution in [2.45, 2.75) is 162 Å². The predicted molar refractivity (Wildman–Crippen MR) is 208 cm³/mol. The average Bonchev–Trinajstić information content (AvgIpc) is 3.04. The highest BCUT2D eigenvalue weighted by molar-refractivity contribution is 5.14. The van der Waals surface area contributed by atoms with Gasteiger partial charge in [-0.3, -0.25) is 0 Å². The molecule has 0 unspecified atom stereocenters. The molecule has 0 spiro atoms. The second-order valence-corrected chi connectivity index (χ2v) is 15.3. The highest BCUT2D eigenvalue weighted by Gasteiger charge is 2.16. The molecule has 0 saturated carbocycles. The van der Waals surface area contributed by atoms with E-state index in [4.69, 9.17) is 5.11 Å². The Hall–Kier alpha value is -1.39. The van der Waals surface area contributed by atoms with Gasteiger partial charge in [-0.15, -0.1) is 6.61 Å². The van der Waals surface area contributed by atoms with Gasteiger partial charge in [0.2, 0.25) is 0 Å². The van der Waals surface area contributed by atoms with Crippen LogP contribution in [0.1, 0.15) is 160 Å². The number of rotatable bonds is 26. The molecular formula is C44H81ClN2O. The molecule has 0 amide bonds. The van der Waals surface area contributed by atoms with Gasteiger partial charge in [0.25, 0.3) is 0 Å². The van der Waals surface area contributed by atoms with Gasteiger partial charge in [-0.1, -0.05) is 184 Å². The Morgan fingerprint density at radius 3 is 0.875 bits per heavy atom. The second kappa shape index (κ2) is 34.1. The molecule has 0 heterocycles. The first-order valence-corrected chi connectivity index (χ1v) is 20.0. The third-order valence-corrected chi connectivity index (χ3v) is 9.14. The van der Waals surface area contributed by atoms with Gasteiger partial charge in [0.15, 0.2) is 0 Å². The van der Waals surface area contributed by atoms with Crippen molar-refractivity contribution in [1.82, 2.24) is 0 Å². The van der Waals surface area contributed by atoms with Crippen LogP contribution in [0.3, 0.4) is 0 Å². The lowest BCUT2D eigenvalue weighted by Crippen LogP contribution is -3.00. The van der Waals surface area contributed by atoms with Crippen LogP contribution in [0.15, 0.2) is 60.7 Å². The van der Waals surface area contributed by atoms with Gasteiger partial charge in [0, 0.05) is 11.1 Å². The van der Waals surface area contributed by atoms with Crippen molar-refractivity contribution in [3.05, 3.63) is 71.8 Å². The lowest BCUT2D eigenvalue weighted by atomic mass is 10.1.